The Morgan fingerprint density at radius 1 is 1.07 bits per heavy atom. The Morgan fingerprint density at radius 2 is 1.86 bits per heavy atom. The second kappa shape index (κ2) is 10.3. The highest BCUT2D eigenvalue weighted by Crippen LogP contribution is 2.25. The first-order valence-electron chi connectivity index (χ1n) is 8.02. The van der Waals surface area contributed by atoms with Gasteiger partial charge < -0.3 is 4.74 Å². The number of hydrogen-bond acceptors (Lipinski definition) is 6. The molecule has 3 aromatic rings. The Kier molecular flexibility index (Phi) is 7.82. The lowest BCUT2D eigenvalue weighted by atomic mass is 10.2. The number of anilines is 1. The summed E-state index contributed by atoms with van der Waals surface area (Å²) in [4.78, 5) is 12.1. The normalized spacial score (nSPS) is 10.7. The van der Waals surface area contributed by atoms with Crippen LogP contribution >= 0.6 is 57.9 Å². The summed E-state index contributed by atoms with van der Waals surface area (Å²) in [5.74, 6) is 1.48. The van der Waals surface area contributed by atoms with Crippen LogP contribution in [-0.4, -0.2) is 21.9 Å². The molecule has 0 atom stereocenters. The minimum atomic E-state index is -0.147. The van der Waals surface area contributed by atoms with Gasteiger partial charge in [0, 0.05) is 10.8 Å². The third-order valence-corrected chi connectivity index (χ3v) is 6.18. The van der Waals surface area contributed by atoms with Crippen LogP contribution in [0.15, 0.2) is 42.5 Å². The average molecular weight is 475 g/mol. The van der Waals surface area contributed by atoms with Crippen molar-refractivity contribution in [1.29, 1.82) is 0 Å². The summed E-state index contributed by atoms with van der Waals surface area (Å²) in [7, 11) is 0. The SMILES string of the molecule is O=C(CSCc1ccc(Cl)c(Cl)c1)Nc1nnc(COc2ccc(Cl)cc2)s1. The largest absolute Gasteiger partial charge is 0.486 e. The first-order valence-corrected chi connectivity index (χ1v) is 11.1. The lowest BCUT2D eigenvalue weighted by Gasteiger charge is -2.04. The molecule has 1 aromatic heterocycles. The zero-order valence-corrected chi connectivity index (χ0v) is 18.2. The van der Waals surface area contributed by atoms with E-state index in [1.165, 1.54) is 23.1 Å². The Hall–Kier alpha value is -1.51. The van der Waals surface area contributed by atoms with Gasteiger partial charge in [0.15, 0.2) is 5.01 Å². The zero-order valence-electron chi connectivity index (χ0n) is 14.3. The zero-order chi connectivity index (χ0) is 19.9. The van der Waals surface area contributed by atoms with Crippen LogP contribution in [-0.2, 0) is 17.2 Å². The van der Waals surface area contributed by atoms with Gasteiger partial charge >= 0.3 is 0 Å². The van der Waals surface area contributed by atoms with Gasteiger partial charge in [-0.3, -0.25) is 10.1 Å². The molecule has 1 N–H and O–H groups in total. The summed E-state index contributed by atoms with van der Waals surface area (Å²) in [5, 5.41) is 13.5. The number of amides is 1. The van der Waals surface area contributed by atoms with E-state index < -0.39 is 0 Å². The number of thioether (sulfide) groups is 1. The van der Waals surface area contributed by atoms with Gasteiger partial charge in [-0.05, 0) is 42.0 Å². The standard InChI is InChI=1S/C18H14Cl3N3O2S2/c19-12-2-4-13(5-3-12)26-8-17-23-24-18(28-17)22-16(25)10-27-9-11-1-6-14(20)15(21)7-11/h1-7H,8-10H2,(H,22,24,25). The molecule has 0 bridgehead atoms. The number of carbonyl (C=O) groups excluding carboxylic acids is 1. The molecule has 1 amide bonds. The van der Waals surface area contributed by atoms with Crippen molar-refractivity contribution < 1.29 is 9.53 Å². The lowest BCUT2D eigenvalue weighted by molar-refractivity contribution is -0.113. The third kappa shape index (κ3) is 6.53. The smallest absolute Gasteiger partial charge is 0.236 e. The fourth-order valence-electron chi connectivity index (χ4n) is 2.08. The molecule has 146 valence electrons. The molecular weight excluding hydrogens is 461 g/mol. The molecule has 0 aliphatic heterocycles. The maximum absolute atomic E-state index is 12.1. The molecule has 0 unspecified atom stereocenters. The maximum Gasteiger partial charge on any atom is 0.236 e. The van der Waals surface area contributed by atoms with Crippen LogP contribution in [0.4, 0.5) is 5.13 Å². The molecule has 5 nitrogen and oxygen atoms in total. The number of halogens is 3. The van der Waals surface area contributed by atoms with Crippen molar-refractivity contribution in [2.45, 2.75) is 12.4 Å². The number of rotatable bonds is 8. The van der Waals surface area contributed by atoms with Crippen molar-refractivity contribution in [2.24, 2.45) is 0 Å². The summed E-state index contributed by atoms with van der Waals surface area (Å²) in [6.45, 7) is 0.265. The van der Waals surface area contributed by atoms with E-state index in [-0.39, 0.29) is 18.3 Å². The van der Waals surface area contributed by atoms with Crippen LogP contribution in [0.3, 0.4) is 0 Å². The number of nitrogens with one attached hydrogen (secondary N) is 1. The fourth-order valence-corrected chi connectivity index (χ4v) is 3.98. The number of nitrogens with zero attached hydrogens (tertiary/aromatic N) is 2. The molecule has 0 aliphatic rings. The Bertz CT molecular complexity index is 952. The van der Waals surface area contributed by atoms with Crippen molar-refractivity contribution in [3.8, 4) is 5.75 Å². The van der Waals surface area contributed by atoms with E-state index in [0.29, 0.717) is 36.7 Å². The highest BCUT2D eigenvalue weighted by atomic mass is 35.5. The molecule has 0 saturated carbocycles. The van der Waals surface area contributed by atoms with Gasteiger partial charge in [-0.1, -0.05) is 52.2 Å². The number of carbonyl (C=O) groups is 1. The minimum absolute atomic E-state index is 0.147. The van der Waals surface area contributed by atoms with Gasteiger partial charge in [0.1, 0.15) is 12.4 Å². The molecule has 0 spiro atoms. The fraction of sp³-hybridized carbons (Fsp3) is 0.167. The molecule has 28 heavy (non-hydrogen) atoms. The molecule has 3 rings (SSSR count). The van der Waals surface area contributed by atoms with E-state index in [1.54, 1.807) is 36.4 Å². The Balaban J connectivity index is 1.41. The lowest BCUT2D eigenvalue weighted by Crippen LogP contribution is -2.14. The predicted octanol–water partition coefficient (Wildman–Crippen LogP) is 5.95. The maximum atomic E-state index is 12.1. The number of ether oxygens (including phenoxy) is 1. The van der Waals surface area contributed by atoms with Crippen LogP contribution in [0.1, 0.15) is 10.6 Å². The molecular formula is C18H14Cl3N3O2S2. The molecule has 10 heteroatoms. The van der Waals surface area contributed by atoms with Gasteiger partial charge in [0.25, 0.3) is 0 Å². The molecule has 0 radical (unpaired) electrons. The van der Waals surface area contributed by atoms with Gasteiger partial charge in [0.05, 0.1) is 15.8 Å². The molecule has 0 aliphatic carbocycles. The van der Waals surface area contributed by atoms with Crippen molar-refractivity contribution in [1.82, 2.24) is 10.2 Å². The van der Waals surface area contributed by atoms with Crippen LogP contribution < -0.4 is 10.1 Å². The van der Waals surface area contributed by atoms with Gasteiger partial charge in [-0.2, -0.15) is 0 Å². The molecule has 0 fully saturated rings. The van der Waals surface area contributed by atoms with Gasteiger partial charge in [-0.25, -0.2) is 0 Å². The second-order valence-electron chi connectivity index (χ2n) is 5.53. The number of hydrogen-bond donors (Lipinski definition) is 1. The van der Waals surface area contributed by atoms with E-state index in [9.17, 15) is 4.79 Å². The molecule has 1 heterocycles. The van der Waals surface area contributed by atoms with Crippen LogP contribution in [0, 0.1) is 0 Å². The van der Waals surface area contributed by atoms with Gasteiger partial charge in [-0.15, -0.1) is 22.0 Å². The first-order chi connectivity index (χ1) is 13.5. The summed E-state index contributed by atoms with van der Waals surface area (Å²) in [6, 6.07) is 12.5. The van der Waals surface area contributed by atoms with Crippen molar-refractivity contribution in [2.75, 3.05) is 11.1 Å². The number of aromatic nitrogens is 2. The van der Waals surface area contributed by atoms with Crippen molar-refractivity contribution in [3.05, 3.63) is 68.1 Å². The summed E-state index contributed by atoms with van der Waals surface area (Å²) in [6.07, 6.45) is 0. The number of benzene rings is 2. The summed E-state index contributed by atoms with van der Waals surface area (Å²) < 4.78 is 5.61. The first kappa shape index (κ1) is 21.2. The average Bonchev–Trinajstić information content (AvgIpc) is 3.11. The van der Waals surface area contributed by atoms with Gasteiger partial charge in [0.2, 0.25) is 11.0 Å². The van der Waals surface area contributed by atoms with Crippen LogP contribution in [0.5, 0.6) is 5.75 Å². The van der Waals surface area contributed by atoms with E-state index in [4.69, 9.17) is 39.5 Å². The van der Waals surface area contributed by atoms with Crippen LogP contribution in [0.25, 0.3) is 0 Å². The third-order valence-electron chi connectivity index (χ3n) is 3.38. The van der Waals surface area contributed by atoms with E-state index >= 15 is 0 Å². The minimum Gasteiger partial charge on any atom is -0.486 e. The second-order valence-corrected chi connectivity index (χ2v) is 8.83. The Morgan fingerprint density at radius 3 is 2.61 bits per heavy atom. The summed E-state index contributed by atoms with van der Waals surface area (Å²) in [5.41, 5.74) is 1.00. The molecule has 2 aromatic carbocycles. The highest BCUT2D eigenvalue weighted by molar-refractivity contribution is 7.99. The van der Waals surface area contributed by atoms with E-state index in [0.717, 1.165) is 5.56 Å². The van der Waals surface area contributed by atoms with E-state index in [1.807, 2.05) is 6.07 Å². The van der Waals surface area contributed by atoms with Crippen molar-refractivity contribution in [3.63, 3.8) is 0 Å². The van der Waals surface area contributed by atoms with Crippen LogP contribution in [0.2, 0.25) is 15.1 Å². The quantitative estimate of drug-likeness (QED) is 0.437. The highest BCUT2D eigenvalue weighted by Gasteiger charge is 2.09. The molecule has 0 saturated heterocycles. The monoisotopic (exact) mass is 473 g/mol. The van der Waals surface area contributed by atoms with E-state index in [2.05, 4.69) is 15.5 Å². The van der Waals surface area contributed by atoms with Crippen molar-refractivity contribution >= 4 is 68.9 Å². The summed E-state index contributed by atoms with van der Waals surface area (Å²) >= 11 is 20.5. The topological polar surface area (TPSA) is 64.1 Å². The Labute approximate surface area is 185 Å². The predicted molar refractivity (Wildman–Crippen MR) is 117 cm³/mol.